The van der Waals surface area contributed by atoms with Gasteiger partial charge in [-0.05, 0) is 53.8 Å². The van der Waals surface area contributed by atoms with E-state index in [4.69, 9.17) is 16.3 Å². The van der Waals surface area contributed by atoms with Gasteiger partial charge in [0.15, 0.2) is 0 Å². The average molecular weight is 289 g/mol. The van der Waals surface area contributed by atoms with Crippen molar-refractivity contribution in [1.82, 2.24) is 0 Å². The summed E-state index contributed by atoms with van der Waals surface area (Å²) in [5.41, 5.74) is 3.17. The normalized spacial score (nSPS) is 15.3. The summed E-state index contributed by atoms with van der Waals surface area (Å²) < 4.78 is 5.59. The second-order valence-electron chi connectivity index (χ2n) is 5.17. The predicted molar refractivity (Wildman–Crippen MR) is 80.4 cm³/mol. The third kappa shape index (κ3) is 2.97. The van der Waals surface area contributed by atoms with Crippen molar-refractivity contribution >= 4 is 11.6 Å². The Morgan fingerprint density at radius 3 is 2.95 bits per heavy atom. The lowest BCUT2D eigenvalue weighted by Crippen LogP contribution is -2.10. The molecule has 1 aliphatic heterocycles. The van der Waals surface area contributed by atoms with E-state index in [1.165, 1.54) is 5.56 Å². The molecule has 0 aliphatic carbocycles. The molecule has 1 aliphatic rings. The van der Waals surface area contributed by atoms with E-state index in [9.17, 15) is 5.11 Å². The zero-order valence-electron chi connectivity index (χ0n) is 11.2. The summed E-state index contributed by atoms with van der Waals surface area (Å²) in [4.78, 5) is 0. The van der Waals surface area contributed by atoms with Crippen molar-refractivity contribution < 1.29 is 9.84 Å². The van der Waals surface area contributed by atoms with Crippen molar-refractivity contribution in [2.75, 3.05) is 6.61 Å². The van der Waals surface area contributed by atoms with Crippen LogP contribution in [0.4, 0.5) is 0 Å². The first-order chi connectivity index (χ1) is 9.72. The van der Waals surface area contributed by atoms with Crippen LogP contribution in [-0.2, 0) is 12.8 Å². The molecule has 0 saturated heterocycles. The summed E-state index contributed by atoms with van der Waals surface area (Å²) in [6, 6.07) is 13.6. The van der Waals surface area contributed by atoms with Crippen LogP contribution in [0.25, 0.3) is 0 Å². The van der Waals surface area contributed by atoms with E-state index in [1.807, 2.05) is 36.4 Å². The van der Waals surface area contributed by atoms with Crippen molar-refractivity contribution in [2.24, 2.45) is 0 Å². The second-order valence-corrected chi connectivity index (χ2v) is 5.61. The molecule has 0 aromatic heterocycles. The standard InChI is InChI=1S/C17H17ClO2/c18-15-5-1-3-12(9-15)10-16(19)13-6-7-17-14(11-13)4-2-8-20-17/h1,3,5-7,9,11,16,19H,2,4,8,10H2. The molecule has 104 valence electrons. The van der Waals surface area contributed by atoms with Crippen LogP contribution in [0.5, 0.6) is 5.75 Å². The average Bonchev–Trinajstić information content (AvgIpc) is 2.47. The molecule has 0 fully saturated rings. The highest BCUT2D eigenvalue weighted by Gasteiger charge is 2.14. The Labute approximate surface area is 124 Å². The SMILES string of the molecule is OC(Cc1cccc(Cl)c1)c1ccc2c(c1)CCCO2. The molecular formula is C17H17ClO2. The van der Waals surface area contributed by atoms with Gasteiger partial charge in [-0.3, -0.25) is 0 Å². The molecule has 0 amide bonds. The minimum Gasteiger partial charge on any atom is -0.493 e. The van der Waals surface area contributed by atoms with Gasteiger partial charge in [-0.1, -0.05) is 29.8 Å². The van der Waals surface area contributed by atoms with Crippen molar-refractivity contribution in [1.29, 1.82) is 0 Å². The molecule has 1 N–H and O–H groups in total. The lowest BCUT2D eigenvalue weighted by atomic mass is 9.97. The summed E-state index contributed by atoms with van der Waals surface area (Å²) in [6.07, 6.45) is 2.12. The Morgan fingerprint density at radius 1 is 1.20 bits per heavy atom. The van der Waals surface area contributed by atoms with Crippen LogP contribution in [0.1, 0.15) is 29.2 Å². The molecule has 1 atom stereocenters. The first-order valence-corrected chi connectivity index (χ1v) is 7.28. The summed E-state index contributed by atoms with van der Waals surface area (Å²) in [6.45, 7) is 0.789. The van der Waals surface area contributed by atoms with Crippen molar-refractivity contribution in [2.45, 2.75) is 25.4 Å². The van der Waals surface area contributed by atoms with E-state index in [2.05, 4.69) is 6.07 Å². The number of aryl methyl sites for hydroxylation is 1. The highest BCUT2D eigenvalue weighted by Crippen LogP contribution is 2.29. The molecule has 2 aromatic carbocycles. The lowest BCUT2D eigenvalue weighted by Gasteiger charge is -2.19. The molecule has 0 saturated carbocycles. The van der Waals surface area contributed by atoms with Crippen LogP contribution in [0.2, 0.25) is 5.02 Å². The molecule has 20 heavy (non-hydrogen) atoms. The first-order valence-electron chi connectivity index (χ1n) is 6.90. The molecule has 0 bridgehead atoms. The van der Waals surface area contributed by atoms with Gasteiger partial charge >= 0.3 is 0 Å². The molecule has 3 rings (SSSR count). The molecule has 0 radical (unpaired) electrons. The smallest absolute Gasteiger partial charge is 0.122 e. The maximum atomic E-state index is 10.4. The number of benzene rings is 2. The molecular weight excluding hydrogens is 272 g/mol. The molecule has 3 heteroatoms. The highest BCUT2D eigenvalue weighted by atomic mass is 35.5. The minimum atomic E-state index is -0.513. The van der Waals surface area contributed by atoms with Gasteiger partial charge in [-0.25, -0.2) is 0 Å². The third-order valence-corrected chi connectivity index (χ3v) is 3.87. The number of hydrogen-bond donors (Lipinski definition) is 1. The molecule has 2 aromatic rings. The summed E-state index contributed by atoms with van der Waals surface area (Å²) in [7, 11) is 0. The van der Waals surface area contributed by atoms with Gasteiger partial charge in [0.05, 0.1) is 12.7 Å². The summed E-state index contributed by atoms with van der Waals surface area (Å²) in [5.74, 6) is 0.954. The Morgan fingerprint density at radius 2 is 2.10 bits per heavy atom. The van der Waals surface area contributed by atoms with Gasteiger partial charge in [-0.2, -0.15) is 0 Å². The Kier molecular flexibility index (Phi) is 3.95. The highest BCUT2D eigenvalue weighted by molar-refractivity contribution is 6.30. The van der Waals surface area contributed by atoms with Gasteiger partial charge in [0, 0.05) is 11.4 Å². The number of hydrogen-bond acceptors (Lipinski definition) is 2. The number of aliphatic hydroxyl groups excluding tert-OH is 1. The monoisotopic (exact) mass is 288 g/mol. The van der Waals surface area contributed by atoms with Crippen LogP contribution in [0.15, 0.2) is 42.5 Å². The van der Waals surface area contributed by atoms with Gasteiger partial charge in [0.2, 0.25) is 0 Å². The van der Waals surface area contributed by atoms with E-state index in [0.29, 0.717) is 11.4 Å². The Balaban J connectivity index is 1.78. The maximum Gasteiger partial charge on any atom is 0.122 e. The number of ether oxygens (including phenoxy) is 1. The van der Waals surface area contributed by atoms with Gasteiger partial charge in [0.25, 0.3) is 0 Å². The fourth-order valence-corrected chi connectivity index (χ4v) is 2.81. The predicted octanol–water partition coefficient (Wildman–Crippen LogP) is 3.94. The van der Waals surface area contributed by atoms with E-state index in [1.54, 1.807) is 0 Å². The maximum absolute atomic E-state index is 10.4. The number of rotatable bonds is 3. The molecule has 0 spiro atoms. The fraction of sp³-hybridized carbons (Fsp3) is 0.294. The topological polar surface area (TPSA) is 29.5 Å². The van der Waals surface area contributed by atoms with E-state index < -0.39 is 6.10 Å². The first kappa shape index (κ1) is 13.5. The van der Waals surface area contributed by atoms with Gasteiger partial charge < -0.3 is 9.84 Å². The summed E-state index contributed by atoms with van der Waals surface area (Å²) >= 11 is 5.97. The second kappa shape index (κ2) is 5.86. The van der Waals surface area contributed by atoms with E-state index >= 15 is 0 Å². The van der Waals surface area contributed by atoms with Crippen molar-refractivity contribution in [3.8, 4) is 5.75 Å². The number of halogens is 1. The molecule has 2 nitrogen and oxygen atoms in total. The third-order valence-electron chi connectivity index (χ3n) is 3.64. The number of aliphatic hydroxyl groups is 1. The fourth-order valence-electron chi connectivity index (χ4n) is 2.59. The van der Waals surface area contributed by atoms with Crippen molar-refractivity contribution in [3.05, 3.63) is 64.2 Å². The van der Waals surface area contributed by atoms with Crippen LogP contribution in [0.3, 0.4) is 0 Å². The van der Waals surface area contributed by atoms with E-state index in [-0.39, 0.29) is 0 Å². The van der Waals surface area contributed by atoms with Crippen LogP contribution in [0, 0.1) is 0 Å². The number of fused-ring (bicyclic) bond motifs is 1. The minimum absolute atomic E-state index is 0.513. The zero-order chi connectivity index (χ0) is 13.9. The Bertz CT molecular complexity index is 610. The lowest BCUT2D eigenvalue weighted by molar-refractivity contribution is 0.178. The van der Waals surface area contributed by atoms with Crippen LogP contribution >= 0.6 is 11.6 Å². The Hall–Kier alpha value is -1.51. The zero-order valence-corrected chi connectivity index (χ0v) is 11.9. The van der Waals surface area contributed by atoms with Crippen LogP contribution in [-0.4, -0.2) is 11.7 Å². The van der Waals surface area contributed by atoms with Gasteiger partial charge in [-0.15, -0.1) is 0 Å². The van der Waals surface area contributed by atoms with Crippen molar-refractivity contribution in [3.63, 3.8) is 0 Å². The quantitative estimate of drug-likeness (QED) is 0.927. The largest absolute Gasteiger partial charge is 0.493 e. The van der Waals surface area contributed by atoms with Crippen LogP contribution < -0.4 is 4.74 Å². The summed E-state index contributed by atoms with van der Waals surface area (Å²) in [5, 5.41) is 11.1. The molecule has 1 heterocycles. The molecule has 1 unspecified atom stereocenters. The van der Waals surface area contributed by atoms with E-state index in [0.717, 1.165) is 36.3 Å². The van der Waals surface area contributed by atoms with Gasteiger partial charge in [0.1, 0.15) is 5.75 Å².